The maximum atomic E-state index is 14.3. The Morgan fingerprint density at radius 3 is 1.95 bits per heavy atom. The molecule has 6 rings (SSSR count). The topological polar surface area (TPSA) is 79.0 Å². The van der Waals surface area contributed by atoms with Gasteiger partial charge in [-0.15, -0.1) is 0 Å². The number of aliphatic imine (C=N–C) groups is 1. The molecule has 1 atom stereocenters. The molecule has 0 saturated heterocycles. The van der Waals surface area contributed by atoms with E-state index in [0.29, 0.717) is 18.7 Å². The first-order valence-electron chi connectivity index (χ1n) is 12.7. The van der Waals surface area contributed by atoms with Crippen molar-refractivity contribution in [1.29, 1.82) is 0 Å². The molecule has 2 heterocycles. The number of rotatable bonds is 5. The summed E-state index contributed by atoms with van der Waals surface area (Å²) in [5.74, 6) is -0.0962. The maximum absolute atomic E-state index is 14.3. The first-order chi connectivity index (χ1) is 18.5. The van der Waals surface area contributed by atoms with E-state index in [1.807, 2.05) is 109 Å². The monoisotopic (exact) mass is 500 g/mol. The van der Waals surface area contributed by atoms with Gasteiger partial charge in [-0.2, -0.15) is 0 Å². The number of nitrogens with zero attached hydrogens (tertiary/aromatic N) is 3. The molecule has 0 aromatic heterocycles. The van der Waals surface area contributed by atoms with Crippen LogP contribution in [0.4, 0.5) is 0 Å². The van der Waals surface area contributed by atoms with Crippen molar-refractivity contribution >= 4 is 17.8 Å². The SMILES string of the molecule is CC(c1cccc(C(=O)N2Cc3ccccc3C2)c1)N1C(=O)C(c2ccccc2)(c2ccccc2)N=C1N. The average molecular weight is 501 g/mol. The fraction of sp³-hybridized carbons (Fsp3) is 0.156. The normalized spacial score (nSPS) is 16.8. The lowest BCUT2D eigenvalue weighted by molar-refractivity contribution is -0.131. The van der Waals surface area contributed by atoms with Crippen LogP contribution in [0.15, 0.2) is 114 Å². The Morgan fingerprint density at radius 1 is 0.816 bits per heavy atom. The summed E-state index contributed by atoms with van der Waals surface area (Å²) >= 11 is 0. The summed E-state index contributed by atoms with van der Waals surface area (Å²) in [7, 11) is 0. The minimum atomic E-state index is -1.27. The van der Waals surface area contributed by atoms with Crippen LogP contribution in [-0.2, 0) is 23.4 Å². The summed E-state index contributed by atoms with van der Waals surface area (Å²) in [4.78, 5) is 35.9. The standard InChI is InChI=1S/C32H28N4O2/c1-22(23-13-10-14-24(19-23)29(37)35-20-25-11-8-9-12-26(25)21-35)36-30(38)32(34-31(36)33,27-15-4-2-5-16-27)28-17-6-3-7-18-28/h2-19,22H,20-21H2,1H3,(H2,33,34). The lowest BCUT2D eigenvalue weighted by Crippen LogP contribution is -2.44. The van der Waals surface area contributed by atoms with E-state index in [4.69, 9.17) is 10.7 Å². The molecule has 2 aliphatic heterocycles. The zero-order chi connectivity index (χ0) is 26.3. The second-order valence-corrected chi connectivity index (χ2v) is 9.82. The number of amides is 2. The number of guanidine groups is 1. The first-order valence-corrected chi connectivity index (χ1v) is 12.7. The lowest BCUT2D eigenvalue weighted by Gasteiger charge is -2.30. The minimum absolute atomic E-state index is 0.0347. The Morgan fingerprint density at radius 2 is 1.37 bits per heavy atom. The van der Waals surface area contributed by atoms with Crippen molar-refractivity contribution in [1.82, 2.24) is 9.80 Å². The van der Waals surface area contributed by atoms with Gasteiger partial charge in [-0.3, -0.25) is 14.5 Å². The molecule has 0 saturated carbocycles. The van der Waals surface area contributed by atoms with Crippen molar-refractivity contribution in [3.05, 3.63) is 143 Å². The molecule has 2 N–H and O–H groups in total. The van der Waals surface area contributed by atoms with Gasteiger partial charge in [0.1, 0.15) is 0 Å². The summed E-state index contributed by atoms with van der Waals surface area (Å²) in [5, 5.41) is 0. The molecular weight excluding hydrogens is 472 g/mol. The maximum Gasteiger partial charge on any atom is 0.267 e. The van der Waals surface area contributed by atoms with Gasteiger partial charge in [-0.1, -0.05) is 97.1 Å². The number of carbonyl (C=O) groups excluding carboxylic acids is 2. The molecule has 0 fully saturated rings. The van der Waals surface area contributed by atoms with E-state index in [9.17, 15) is 9.59 Å². The quantitative estimate of drug-likeness (QED) is 0.419. The van der Waals surface area contributed by atoms with Crippen LogP contribution in [-0.4, -0.2) is 27.6 Å². The number of hydrogen-bond acceptors (Lipinski definition) is 4. The van der Waals surface area contributed by atoms with E-state index < -0.39 is 11.6 Å². The van der Waals surface area contributed by atoms with Gasteiger partial charge >= 0.3 is 0 Å². The molecule has 0 aliphatic carbocycles. The van der Waals surface area contributed by atoms with Gasteiger partial charge in [-0.25, -0.2) is 4.99 Å². The van der Waals surface area contributed by atoms with E-state index in [0.717, 1.165) is 16.7 Å². The van der Waals surface area contributed by atoms with Gasteiger partial charge in [0.25, 0.3) is 11.8 Å². The van der Waals surface area contributed by atoms with Crippen LogP contribution in [0.5, 0.6) is 0 Å². The van der Waals surface area contributed by atoms with Crippen molar-refractivity contribution in [2.75, 3.05) is 0 Å². The number of hydrogen-bond donors (Lipinski definition) is 1. The molecule has 2 aliphatic rings. The molecule has 4 aromatic carbocycles. The molecule has 6 nitrogen and oxygen atoms in total. The van der Waals surface area contributed by atoms with E-state index in [1.165, 1.54) is 11.1 Å². The van der Waals surface area contributed by atoms with E-state index in [-0.39, 0.29) is 17.8 Å². The summed E-state index contributed by atoms with van der Waals surface area (Å²) in [6, 6.07) is 34.2. The number of fused-ring (bicyclic) bond motifs is 1. The van der Waals surface area contributed by atoms with Crippen LogP contribution < -0.4 is 5.73 Å². The second-order valence-electron chi connectivity index (χ2n) is 9.82. The third-order valence-electron chi connectivity index (χ3n) is 7.57. The van der Waals surface area contributed by atoms with Crippen molar-refractivity contribution < 1.29 is 9.59 Å². The number of carbonyl (C=O) groups is 2. The van der Waals surface area contributed by atoms with E-state index in [1.54, 1.807) is 4.90 Å². The molecule has 1 unspecified atom stereocenters. The van der Waals surface area contributed by atoms with Crippen LogP contribution in [0, 0.1) is 0 Å². The van der Waals surface area contributed by atoms with Gasteiger partial charge in [0.2, 0.25) is 0 Å². The third-order valence-corrected chi connectivity index (χ3v) is 7.57. The molecule has 0 radical (unpaired) electrons. The first kappa shape index (κ1) is 23.7. The van der Waals surface area contributed by atoms with Crippen LogP contribution in [0.3, 0.4) is 0 Å². The highest BCUT2D eigenvalue weighted by Gasteiger charge is 2.51. The molecule has 0 spiro atoms. The molecular formula is C32H28N4O2. The van der Waals surface area contributed by atoms with E-state index in [2.05, 4.69) is 12.1 Å². The Labute approximate surface area is 222 Å². The Bertz CT molecular complexity index is 1480. The van der Waals surface area contributed by atoms with E-state index >= 15 is 0 Å². The molecule has 6 heteroatoms. The third kappa shape index (κ3) is 3.77. The number of benzene rings is 4. The van der Waals surface area contributed by atoms with Crippen molar-refractivity contribution in [2.24, 2.45) is 10.7 Å². The fourth-order valence-corrected chi connectivity index (χ4v) is 5.57. The average Bonchev–Trinajstić information content (AvgIpc) is 3.52. The van der Waals surface area contributed by atoms with Crippen LogP contribution in [0.2, 0.25) is 0 Å². The second kappa shape index (κ2) is 9.30. The molecule has 188 valence electrons. The van der Waals surface area contributed by atoms with Crippen LogP contribution in [0.25, 0.3) is 0 Å². The summed E-state index contributed by atoms with van der Waals surface area (Å²) in [6.07, 6.45) is 0. The Kier molecular flexibility index (Phi) is 5.80. The van der Waals surface area contributed by atoms with Gasteiger partial charge in [-0.05, 0) is 46.9 Å². The van der Waals surface area contributed by atoms with Crippen molar-refractivity contribution in [3.63, 3.8) is 0 Å². The summed E-state index contributed by atoms with van der Waals surface area (Å²) < 4.78 is 0. The summed E-state index contributed by atoms with van der Waals surface area (Å²) in [6.45, 7) is 3.10. The Hall–Kier alpha value is -4.71. The number of nitrogens with two attached hydrogens (primary N) is 1. The smallest absolute Gasteiger partial charge is 0.267 e. The fourth-order valence-electron chi connectivity index (χ4n) is 5.57. The van der Waals surface area contributed by atoms with Gasteiger partial charge in [0, 0.05) is 18.7 Å². The molecule has 38 heavy (non-hydrogen) atoms. The molecule has 0 bridgehead atoms. The summed E-state index contributed by atoms with van der Waals surface area (Å²) in [5.41, 5.74) is 10.5. The van der Waals surface area contributed by atoms with Crippen LogP contribution in [0.1, 0.15) is 51.1 Å². The lowest BCUT2D eigenvalue weighted by atomic mass is 9.82. The zero-order valence-corrected chi connectivity index (χ0v) is 21.1. The largest absolute Gasteiger partial charge is 0.369 e. The Balaban J connectivity index is 1.32. The minimum Gasteiger partial charge on any atom is -0.369 e. The highest BCUT2D eigenvalue weighted by atomic mass is 16.2. The van der Waals surface area contributed by atoms with Crippen molar-refractivity contribution in [2.45, 2.75) is 31.6 Å². The zero-order valence-electron chi connectivity index (χ0n) is 21.1. The molecule has 2 amide bonds. The molecule has 4 aromatic rings. The highest BCUT2D eigenvalue weighted by molar-refractivity contribution is 6.09. The highest BCUT2D eigenvalue weighted by Crippen LogP contribution is 2.42. The predicted octanol–water partition coefficient (Wildman–Crippen LogP) is 5.00. The predicted molar refractivity (Wildman–Crippen MR) is 147 cm³/mol. The van der Waals surface area contributed by atoms with Crippen LogP contribution >= 0.6 is 0 Å². The van der Waals surface area contributed by atoms with Gasteiger partial charge in [0.05, 0.1) is 6.04 Å². The van der Waals surface area contributed by atoms with Crippen molar-refractivity contribution in [3.8, 4) is 0 Å². The van der Waals surface area contributed by atoms with Gasteiger partial charge < -0.3 is 10.6 Å². The van der Waals surface area contributed by atoms with Gasteiger partial charge in [0.15, 0.2) is 11.5 Å².